The summed E-state index contributed by atoms with van der Waals surface area (Å²) in [5.41, 5.74) is -0.0541. The molecule has 0 aromatic heterocycles. The van der Waals surface area contributed by atoms with Gasteiger partial charge in [0, 0.05) is 39.4 Å². The Kier molecular flexibility index (Phi) is 4.41. The number of rotatable bonds is 2. The molecule has 2 rings (SSSR count). The van der Waals surface area contributed by atoms with Crippen LogP contribution in [-0.4, -0.2) is 50.6 Å². The third-order valence-corrected chi connectivity index (χ3v) is 3.50. The SMILES string of the molecule is CN(C)C(=O)C1CNCCN1c1ccc(C(F)(F)F)cc1. The first kappa shape index (κ1) is 15.6. The predicted molar refractivity (Wildman–Crippen MR) is 74.1 cm³/mol. The Bertz CT molecular complexity index is 499. The summed E-state index contributed by atoms with van der Waals surface area (Å²) < 4.78 is 37.8. The predicted octanol–water partition coefficient (Wildman–Crippen LogP) is 1.57. The Balaban J connectivity index is 2.23. The molecule has 116 valence electrons. The molecule has 1 N–H and O–H groups in total. The van der Waals surface area contributed by atoms with Crippen LogP contribution < -0.4 is 10.2 Å². The fraction of sp³-hybridized carbons (Fsp3) is 0.500. The Labute approximate surface area is 121 Å². The fourth-order valence-corrected chi connectivity index (χ4v) is 2.37. The van der Waals surface area contributed by atoms with Crippen LogP contribution >= 0.6 is 0 Å². The summed E-state index contributed by atoms with van der Waals surface area (Å²) in [5, 5.41) is 3.14. The number of benzene rings is 1. The van der Waals surface area contributed by atoms with Crippen LogP contribution in [0, 0.1) is 0 Å². The number of nitrogens with zero attached hydrogens (tertiary/aromatic N) is 2. The number of piperazine rings is 1. The van der Waals surface area contributed by atoms with Crippen molar-refractivity contribution in [2.45, 2.75) is 12.2 Å². The van der Waals surface area contributed by atoms with Crippen molar-refractivity contribution in [2.24, 2.45) is 0 Å². The minimum Gasteiger partial charge on any atom is -0.357 e. The van der Waals surface area contributed by atoms with Crippen LogP contribution in [0.2, 0.25) is 0 Å². The van der Waals surface area contributed by atoms with Gasteiger partial charge < -0.3 is 15.1 Å². The van der Waals surface area contributed by atoms with Crippen molar-refractivity contribution in [1.29, 1.82) is 0 Å². The lowest BCUT2D eigenvalue weighted by atomic mass is 10.1. The van der Waals surface area contributed by atoms with Gasteiger partial charge in [0.1, 0.15) is 6.04 Å². The summed E-state index contributed by atoms with van der Waals surface area (Å²) in [5.74, 6) is -0.0675. The van der Waals surface area contributed by atoms with Crippen molar-refractivity contribution in [1.82, 2.24) is 10.2 Å². The van der Waals surface area contributed by atoms with E-state index in [4.69, 9.17) is 0 Å². The van der Waals surface area contributed by atoms with E-state index in [0.29, 0.717) is 25.3 Å². The van der Waals surface area contributed by atoms with Crippen LogP contribution in [-0.2, 0) is 11.0 Å². The molecule has 1 heterocycles. The molecule has 1 aliphatic heterocycles. The molecule has 7 heteroatoms. The number of halogens is 3. The van der Waals surface area contributed by atoms with Crippen molar-refractivity contribution in [3.8, 4) is 0 Å². The third kappa shape index (κ3) is 3.47. The van der Waals surface area contributed by atoms with Gasteiger partial charge in [-0.2, -0.15) is 13.2 Å². The van der Waals surface area contributed by atoms with Crippen molar-refractivity contribution < 1.29 is 18.0 Å². The highest BCUT2D eigenvalue weighted by Gasteiger charge is 2.32. The van der Waals surface area contributed by atoms with E-state index >= 15 is 0 Å². The number of anilines is 1. The second-order valence-corrected chi connectivity index (χ2v) is 5.19. The number of carbonyl (C=O) groups is 1. The third-order valence-electron chi connectivity index (χ3n) is 3.50. The maximum Gasteiger partial charge on any atom is 0.416 e. The van der Waals surface area contributed by atoms with E-state index in [-0.39, 0.29) is 5.91 Å². The Hall–Kier alpha value is -1.76. The van der Waals surface area contributed by atoms with Gasteiger partial charge in [0.2, 0.25) is 5.91 Å². The number of alkyl halides is 3. The number of hydrogen-bond acceptors (Lipinski definition) is 3. The lowest BCUT2D eigenvalue weighted by molar-refractivity contribution is -0.137. The lowest BCUT2D eigenvalue weighted by Crippen LogP contribution is -2.57. The maximum absolute atomic E-state index is 12.6. The quantitative estimate of drug-likeness (QED) is 0.901. The zero-order chi connectivity index (χ0) is 15.6. The second kappa shape index (κ2) is 5.93. The number of nitrogens with one attached hydrogen (secondary N) is 1. The van der Waals surface area contributed by atoms with E-state index < -0.39 is 17.8 Å². The highest BCUT2D eigenvalue weighted by molar-refractivity contribution is 5.85. The molecule has 1 atom stereocenters. The van der Waals surface area contributed by atoms with Gasteiger partial charge in [-0.05, 0) is 24.3 Å². The second-order valence-electron chi connectivity index (χ2n) is 5.19. The zero-order valence-corrected chi connectivity index (χ0v) is 11.9. The van der Waals surface area contributed by atoms with Crippen LogP contribution in [0.1, 0.15) is 5.56 Å². The molecular formula is C14H18F3N3O. The van der Waals surface area contributed by atoms with E-state index in [1.807, 2.05) is 4.90 Å². The summed E-state index contributed by atoms with van der Waals surface area (Å²) >= 11 is 0. The van der Waals surface area contributed by atoms with Crippen LogP contribution in [0.25, 0.3) is 0 Å². The van der Waals surface area contributed by atoms with E-state index in [9.17, 15) is 18.0 Å². The fourth-order valence-electron chi connectivity index (χ4n) is 2.37. The molecule has 1 aromatic rings. The van der Waals surface area contributed by atoms with Gasteiger partial charge in [0.05, 0.1) is 5.56 Å². The molecular weight excluding hydrogens is 283 g/mol. The minimum atomic E-state index is -4.35. The summed E-state index contributed by atoms with van der Waals surface area (Å²) in [6.07, 6.45) is -4.35. The number of likely N-dealkylation sites (N-methyl/N-ethyl adjacent to an activating group) is 1. The number of amides is 1. The largest absolute Gasteiger partial charge is 0.416 e. The van der Waals surface area contributed by atoms with Gasteiger partial charge in [0.15, 0.2) is 0 Å². The van der Waals surface area contributed by atoms with Gasteiger partial charge in [-0.25, -0.2) is 0 Å². The average Bonchev–Trinajstić information content (AvgIpc) is 2.45. The minimum absolute atomic E-state index is 0.0675. The first-order valence-corrected chi connectivity index (χ1v) is 6.66. The Morgan fingerprint density at radius 3 is 2.43 bits per heavy atom. The van der Waals surface area contributed by atoms with Crippen LogP contribution in [0.3, 0.4) is 0 Å². The monoisotopic (exact) mass is 301 g/mol. The van der Waals surface area contributed by atoms with Crippen molar-refractivity contribution in [3.63, 3.8) is 0 Å². The summed E-state index contributed by atoms with van der Waals surface area (Å²) in [4.78, 5) is 15.5. The molecule has 1 amide bonds. The van der Waals surface area contributed by atoms with E-state index in [1.54, 1.807) is 14.1 Å². The molecule has 0 radical (unpaired) electrons. The van der Waals surface area contributed by atoms with E-state index in [2.05, 4.69) is 5.32 Å². The molecule has 0 saturated carbocycles. The van der Waals surface area contributed by atoms with Crippen LogP contribution in [0.15, 0.2) is 24.3 Å². The molecule has 1 saturated heterocycles. The highest BCUT2D eigenvalue weighted by atomic mass is 19.4. The maximum atomic E-state index is 12.6. The smallest absolute Gasteiger partial charge is 0.357 e. The van der Waals surface area contributed by atoms with Crippen LogP contribution in [0.4, 0.5) is 18.9 Å². The van der Waals surface area contributed by atoms with Crippen molar-refractivity contribution >= 4 is 11.6 Å². The highest BCUT2D eigenvalue weighted by Crippen LogP contribution is 2.31. The Morgan fingerprint density at radius 2 is 1.90 bits per heavy atom. The van der Waals surface area contributed by atoms with Gasteiger partial charge in [0.25, 0.3) is 0 Å². The normalized spacial score (nSPS) is 19.5. The molecule has 1 aromatic carbocycles. The van der Waals surface area contributed by atoms with Gasteiger partial charge in [-0.15, -0.1) is 0 Å². The summed E-state index contributed by atoms with van der Waals surface area (Å²) in [6, 6.07) is 4.54. The molecule has 0 bridgehead atoms. The topological polar surface area (TPSA) is 35.6 Å². The standard InChI is InChI=1S/C14H18F3N3O/c1-19(2)13(21)12-9-18-7-8-20(12)11-5-3-10(4-6-11)14(15,16)17/h3-6,12,18H,7-9H2,1-2H3. The summed E-state index contributed by atoms with van der Waals surface area (Å²) in [7, 11) is 3.34. The van der Waals surface area contributed by atoms with Crippen molar-refractivity contribution in [2.75, 3.05) is 38.6 Å². The molecule has 0 spiro atoms. The van der Waals surface area contributed by atoms with Gasteiger partial charge in [-0.1, -0.05) is 0 Å². The van der Waals surface area contributed by atoms with E-state index in [1.165, 1.54) is 17.0 Å². The molecule has 21 heavy (non-hydrogen) atoms. The molecule has 1 fully saturated rings. The van der Waals surface area contributed by atoms with Gasteiger partial charge in [-0.3, -0.25) is 4.79 Å². The Morgan fingerprint density at radius 1 is 1.29 bits per heavy atom. The average molecular weight is 301 g/mol. The number of carbonyl (C=O) groups excluding carboxylic acids is 1. The number of hydrogen-bond donors (Lipinski definition) is 1. The van der Waals surface area contributed by atoms with Gasteiger partial charge >= 0.3 is 6.18 Å². The molecule has 1 aliphatic rings. The zero-order valence-electron chi connectivity index (χ0n) is 11.9. The first-order valence-electron chi connectivity index (χ1n) is 6.66. The molecule has 0 aliphatic carbocycles. The first-order chi connectivity index (χ1) is 9.80. The molecule has 1 unspecified atom stereocenters. The lowest BCUT2D eigenvalue weighted by Gasteiger charge is -2.38. The summed E-state index contributed by atoms with van der Waals surface area (Å²) in [6.45, 7) is 1.76. The van der Waals surface area contributed by atoms with E-state index in [0.717, 1.165) is 12.1 Å². The van der Waals surface area contributed by atoms with Crippen LogP contribution in [0.5, 0.6) is 0 Å². The van der Waals surface area contributed by atoms with Crippen molar-refractivity contribution in [3.05, 3.63) is 29.8 Å². The molecule has 4 nitrogen and oxygen atoms in total.